The first-order chi connectivity index (χ1) is 9.20. The van der Waals surface area contributed by atoms with Gasteiger partial charge in [-0.1, -0.05) is 23.9 Å². The van der Waals surface area contributed by atoms with Gasteiger partial charge in [0.25, 0.3) is 5.56 Å². The predicted octanol–water partition coefficient (Wildman–Crippen LogP) is 1.79. The summed E-state index contributed by atoms with van der Waals surface area (Å²) in [6.07, 6.45) is 0. The predicted molar refractivity (Wildman–Crippen MR) is 72.8 cm³/mol. The molecule has 3 N–H and O–H groups in total. The van der Waals surface area contributed by atoms with Crippen LogP contribution in [-0.4, -0.2) is 15.0 Å². The first-order valence-electron chi connectivity index (χ1n) is 5.55. The van der Waals surface area contributed by atoms with Gasteiger partial charge in [-0.25, -0.2) is 9.97 Å². The molecular formula is C12H10N4O2S. The number of rotatable bonds is 3. The summed E-state index contributed by atoms with van der Waals surface area (Å²) >= 11 is 1.31. The van der Waals surface area contributed by atoms with E-state index < -0.39 is 0 Å². The van der Waals surface area contributed by atoms with Crippen molar-refractivity contribution in [1.82, 2.24) is 15.0 Å². The maximum atomic E-state index is 11.2. The van der Waals surface area contributed by atoms with Crippen LogP contribution in [0, 0.1) is 0 Å². The monoisotopic (exact) mass is 274 g/mol. The number of benzene rings is 1. The second-order valence-electron chi connectivity index (χ2n) is 3.84. The Morgan fingerprint density at radius 1 is 1.32 bits per heavy atom. The molecule has 0 unspecified atom stereocenters. The molecule has 96 valence electrons. The summed E-state index contributed by atoms with van der Waals surface area (Å²) in [5.41, 5.74) is 6.79. The summed E-state index contributed by atoms with van der Waals surface area (Å²) in [6, 6.07) is 8.77. The highest BCUT2D eigenvalue weighted by Gasteiger charge is 2.07. The number of aromatic amines is 1. The minimum atomic E-state index is -0.271. The molecule has 0 spiro atoms. The van der Waals surface area contributed by atoms with Gasteiger partial charge in [0.2, 0.25) is 5.89 Å². The minimum Gasteiger partial charge on any atom is -0.440 e. The third kappa shape index (κ3) is 2.60. The molecule has 0 saturated carbocycles. The molecular weight excluding hydrogens is 264 g/mol. The molecule has 1 aromatic carbocycles. The Morgan fingerprint density at radius 2 is 2.16 bits per heavy atom. The Morgan fingerprint density at radius 3 is 2.95 bits per heavy atom. The number of nitrogens with zero attached hydrogens (tertiary/aromatic N) is 2. The molecule has 3 rings (SSSR count). The number of nitrogens with one attached hydrogen (secondary N) is 1. The molecule has 0 aliphatic rings. The summed E-state index contributed by atoms with van der Waals surface area (Å²) in [5.74, 6) is 1.25. The van der Waals surface area contributed by atoms with Crippen molar-refractivity contribution >= 4 is 28.7 Å². The normalized spacial score (nSPS) is 10.9. The second-order valence-corrected chi connectivity index (χ2v) is 4.80. The summed E-state index contributed by atoms with van der Waals surface area (Å²) < 4.78 is 5.57. The van der Waals surface area contributed by atoms with Crippen LogP contribution in [0.1, 0.15) is 5.89 Å². The van der Waals surface area contributed by atoms with E-state index in [2.05, 4.69) is 15.0 Å². The molecule has 19 heavy (non-hydrogen) atoms. The number of nitrogen functional groups attached to an aromatic ring is 1. The zero-order chi connectivity index (χ0) is 13.2. The number of anilines is 1. The lowest BCUT2D eigenvalue weighted by Crippen LogP contribution is -2.09. The number of oxazole rings is 1. The number of hydrogen-bond acceptors (Lipinski definition) is 6. The van der Waals surface area contributed by atoms with E-state index in [1.165, 1.54) is 17.8 Å². The lowest BCUT2D eigenvalue weighted by Gasteiger charge is -1.98. The lowest BCUT2D eigenvalue weighted by atomic mass is 10.3. The molecule has 2 aromatic heterocycles. The van der Waals surface area contributed by atoms with Gasteiger partial charge in [0.05, 0.1) is 5.75 Å². The van der Waals surface area contributed by atoms with Gasteiger partial charge in [0, 0.05) is 6.07 Å². The lowest BCUT2D eigenvalue weighted by molar-refractivity contribution is 0.556. The topological polar surface area (TPSA) is 97.8 Å². The number of para-hydroxylation sites is 2. The Kier molecular flexibility index (Phi) is 2.96. The zero-order valence-electron chi connectivity index (χ0n) is 9.79. The average molecular weight is 274 g/mol. The maximum Gasteiger partial charge on any atom is 0.253 e. The molecule has 0 radical (unpaired) electrons. The molecule has 0 aliphatic heterocycles. The fourth-order valence-electron chi connectivity index (χ4n) is 1.63. The van der Waals surface area contributed by atoms with E-state index in [9.17, 15) is 4.79 Å². The van der Waals surface area contributed by atoms with E-state index in [0.29, 0.717) is 16.8 Å². The van der Waals surface area contributed by atoms with E-state index in [4.69, 9.17) is 10.2 Å². The first-order valence-corrected chi connectivity index (χ1v) is 6.53. The largest absolute Gasteiger partial charge is 0.440 e. The summed E-state index contributed by atoms with van der Waals surface area (Å²) in [5, 5.41) is 0.451. The third-order valence-corrected chi connectivity index (χ3v) is 3.27. The number of H-pyrrole nitrogens is 1. The van der Waals surface area contributed by atoms with E-state index in [0.717, 1.165) is 11.1 Å². The van der Waals surface area contributed by atoms with E-state index in [-0.39, 0.29) is 11.4 Å². The number of fused-ring (bicyclic) bond motifs is 1. The van der Waals surface area contributed by atoms with Crippen molar-refractivity contribution < 1.29 is 4.42 Å². The molecule has 0 bridgehead atoms. The Labute approximate surface area is 112 Å². The van der Waals surface area contributed by atoms with Gasteiger partial charge in [-0.2, -0.15) is 0 Å². The second kappa shape index (κ2) is 4.77. The van der Waals surface area contributed by atoms with Crippen molar-refractivity contribution in [3.63, 3.8) is 0 Å². The van der Waals surface area contributed by atoms with Crippen molar-refractivity contribution in [1.29, 1.82) is 0 Å². The van der Waals surface area contributed by atoms with Crippen LogP contribution in [0.25, 0.3) is 11.1 Å². The van der Waals surface area contributed by atoms with Gasteiger partial charge in [0.15, 0.2) is 10.7 Å². The van der Waals surface area contributed by atoms with Crippen molar-refractivity contribution in [2.45, 2.75) is 10.9 Å². The molecule has 0 fully saturated rings. The highest BCUT2D eigenvalue weighted by molar-refractivity contribution is 7.98. The molecule has 2 heterocycles. The molecule has 0 atom stereocenters. The standard InChI is InChI=1S/C12H10N4O2S/c13-9-5-10(17)16-12(15-9)19-6-11-14-7-3-1-2-4-8(7)18-11/h1-5H,6H2,(H3,13,15,16,17). The number of thioether (sulfide) groups is 1. The average Bonchev–Trinajstić information content (AvgIpc) is 2.78. The molecule has 0 amide bonds. The Hall–Kier alpha value is -2.28. The van der Waals surface area contributed by atoms with Gasteiger partial charge in [-0.3, -0.25) is 4.79 Å². The number of aromatic nitrogens is 3. The van der Waals surface area contributed by atoms with Crippen LogP contribution in [0.3, 0.4) is 0 Å². The number of hydrogen-bond donors (Lipinski definition) is 2. The Bertz CT molecular complexity index is 747. The number of nitrogens with two attached hydrogens (primary N) is 1. The van der Waals surface area contributed by atoms with Gasteiger partial charge < -0.3 is 15.1 Å². The molecule has 3 aromatic rings. The summed E-state index contributed by atoms with van der Waals surface area (Å²) in [7, 11) is 0. The van der Waals surface area contributed by atoms with Gasteiger partial charge in [0.1, 0.15) is 11.3 Å². The van der Waals surface area contributed by atoms with Crippen LogP contribution in [-0.2, 0) is 5.75 Å². The van der Waals surface area contributed by atoms with Crippen LogP contribution in [0.2, 0.25) is 0 Å². The highest BCUT2D eigenvalue weighted by Crippen LogP contribution is 2.21. The first kappa shape index (κ1) is 11.8. The molecule has 0 saturated heterocycles. The van der Waals surface area contributed by atoms with Gasteiger partial charge in [-0.05, 0) is 12.1 Å². The van der Waals surface area contributed by atoms with Gasteiger partial charge >= 0.3 is 0 Å². The van der Waals surface area contributed by atoms with Crippen molar-refractivity contribution in [3.05, 3.63) is 46.6 Å². The summed E-state index contributed by atoms with van der Waals surface area (Å²) in [4.78, 5) is 22.2. The SMILES string of the molecule is Nc1cc(=O)[nH]c(SCc2nc3ccccc3o2)n1. The smallest absolute Gasteiger partial charge is 0.253 e. The van der Waals surface area contributed by atoms with Crippen LogP contribution in [0.5, 0.6) is 0 Å². The maximum absolute atomic E-state index is 11.2. The van der Waals surface area contributed by atoms with Gasteiger partial charge in [-0.15, -0.1) is 0 Å². The Balaban J connectivity index is 1.80. The molecule has 6 nitrogen and oxygen atoms in total. The van der Waals surface area contributed by atoms with Crippen molar-refractivity contribution in [2.24, 2.45) is 0 Å². The third-order valence-electron chi connectivity index (χ3n) is 2.41. The van der Waals surface area contributed by atoms with E-state index in [1.807, 2.05) is 24.3 Å². The fourth-order valence-corrected chi connectivity index (χ4v) is 2.36. The fraction of sp³-hybridized carbons (Fsp3) is 0.0833. The van der Waals surface area contributed by atoms with E-state index >= 15 is 0 Å². The van der Waals surface area contributed by atoms with Crippen LogP contribution in [0.4, 0.5) is 5.82 Å². The van der Waals surface area contributed by atoms with E-state index in [1.54, 1.807) is 0 Å². The molecule has 0 aliphatic carbocycles. The summed E-state index contributed by atoms with van der Waals surface area (Å²) in [6.45, 7) is 0. The van der Waals surface area contributed by atoms with Crippen LogP contribution in [0.15, 0.2) is 44.7 Å². The zero-order valence-corrected chi connectivity index (χ0v) is 10.6. The minimum absolute atomic E-state index is 0.198. The van der Waals surface area contributed by atoms with Crippen molar-refractivity contribution in [2.75, 3.05) is 5.73 Å². The van der Waals surface area contributed by atoms with Crippen LogP contribution >= 0.6 is 11.8 Å². The van der Waals surface area contributed by atoms with Crippen molar-refractivity contribution in [3.8, 4) is 0 Å². The molecule has 7 heteroatoms. The van der Waals surface area contributed by atoms with Crippen LogP contribution < -0.4 is 11.3 Å². The quantitative estimate of drug-likeness (QED) is 0.558. The highest BCUT2D eigenvalue weighted by atomic mass is 32.2.